The van der Waals surface area contributed by atoms with Crippen LogP contribution in [-0.2, 0) is 0 Å². The smallest absolute Gasteiger partial charge is 0.0350 e. The van der Waals surface area contributed by atoms with Crippen molar-refractivity contribution in [2.75, 3.05) is 66.0 Å². The van der Waals surface area contributed by atoms with Crippen LogP contribution in [0.3, 0.4) is 0 Å². The Labute approximate surface area is 155 Å². The molecular weight excluding hydrogens is 308 g/mol. The molecule has 1 atom stereocenters. The van der Waals surface area contributed by atoms with Gasteiger partial charge in [0.2, 0.25) is 0 Å². The fraction of sp³-hybridized carbons (Fsp3) is 1.00. The highest BCUT2D eigenvalue weighted by Crippen LogP contribution is 2.53. The predicted octanol–water partition coefficient (Wildman–Crippen LogP) is 2.21. The molecule has 0 aromatic heterocycles. The first-order valence-corrected chi connectivity index (χ1v) is 11.0. The SMILES string of the molecule is CCC(C)N1CCN(CC2CC3(CCN(C4CN(C)C4)CC3)C2)CC1. The first-order valence-electron chi connectivity index (χ1n) is 11.0. The van der Waals surface area contributed by atoms with Gasteiger partial charge in [-0.2, -0.15) is 0 Å². The van der Waals surface area contributed by atoms with Crippen molar-refractivity contribution in [1.29, 1.82) is 0 Å². The molecule has 4 nitrogen and oxygen atoms in total. The lowest BCUT2D eigenvalue weighted by molar-refractivity contribution is -0.0567. The van der Waals surface area contributed by atoms with Gasteiger partial charge in [-0.05, 0) is 70.5 Å². The Kier molecular flexibility index (Phi) is 5.43. The van der Waals surface area contributed by atoms with E-state index in [0.717, 1.165) is 23.4 Å². The molecule has 4 fully saturated rings. The minimum absolute atomic E-state index is 0.745. The Hall–Kier alpha value is -0.160. The van der Waals surface area contributed by atoms with E-state index in [0.29, 0.717) is 0 Å². The van der Waals surface area contributed by atoms with E-state index in [-0.39, 0.29) is 0 Å². The molecule has 1 spiro atoms. The number of hydrogen-bond acceptors (Lipinski definition) is 4. The van der Waals surface area contributed by atoms with E-state index in [1.54, 1.807) is 0 Å². The standard InChI is InChI=1S/C21H40N4/c1-4-18(2)24-11-9-23(10-12-24)15-19-13-21(14-19)5-7-25(8-6-21)20-16-22(3)17-20/h18-20H,4-17H2,1-3H3. The van der Waals surface area contributed by atoms with Gasteiger partial charge < -0.3 is 9.80 Å². The molecule has 0 aromatic carbocycles. The van der Waals surface area contributed by atoms with Gasteiger partial charge in [-0.15, -0.1) is 0 Å². The molecule has 4 rings (SSSR count). The van der Waals surface area contributed by atoms with E-state index < -0.39 is 0 Å². The van der Waals surface area contributed by atoms with E-state index in [4.69, 9.17) is 0 Å². The van der Waals surface area contributed by atoms with E-state index in [1.165, 1.54) is 91.0 Å². The topological polar surface area (TPSA) is 13.0 Å². The second-order valence-electron chi connectivity index (χ2n) is 9.78. The maximum absolute atomic E-state index is 2.78. The fourth-order valence-corrected chi connectivity index (χ4v) is 5.97. The lowest BCUT2D eigenvalue weighted by atomic mass is 9.57. The number of piperidine rings is 1. The van der Waals surface area contributed by atoms with Crippen LogP contribution < -0.4 is 0 Å². The summed E-state index contributed by atoms with van der Waals surface area (Å²) in [6, 6.07) is 1.65. The molecule has 4 heteroatoms. The van der Waals surface area contributed by atoms with E-state index in [9.17, 15) is 0 Å². The first kappa shape index (κ1) is 18.2. The Morgan fingerprint density at radius 3 is 2.16 bits per heavy atom. The Balaban J connectivity index is 1.14. The first-order chi connectivity index (χ1) is 12.1. The predicted molar refractivity (Wildman–Crippen MR) is 105 cm³/mol. The van der Waals surface area contributed by atoms with Crippen LogP contribution in [-0.4, -0.2) is 97.6 Å². The average Bonchev–Trinajstić information content (AvgIpc) is 2.58. The lowest BCUT2D eigenvalue weighted by Gasteiger charge is -2.56. The summed E-state index contributed by atoms with van der Waals surface area (Å²) < 4.78 is 0. The van der Waals surface area contributed by atoms with Crippen LogP contribution in [0.15, 0.2) is 0 Å². The van der Waals surface area contributed by atoms with Crippen LogP contribution in [0.4, 0.5) is 0 Å². The van der Waals surface area contributed by atoms with Gasteiger partial charge in [0, 0.05) is 57.9 Å². The molecule has 0 aromatic rings. The Bertz CT molecular complexity index is 423. The molecule has 0 bridgehead atoms. The third-order valence-corrected chi connectivity index (χ3v) is 8.00. The summed E-state index contributed by atoms with van der Waals surface area (Å²) >= 11 is 0. The molecule has 4 aliphatic rings. The minimum atomic E-state index is 0.745. The van der Waals surface area contributed by atoms with Crippen molar-refractivity contribution in [2.24, 2.45) is 11.3 Å². The van der Waals surface area contributed by atoms with Gasteiger partial charge in [-0.25, -0.2) is 0 Å². The second kappa shape index (κ2) is 7.46. The van der Waals surface area contributed by atoms with Crippen LogP contribution in [0.5, 0.6) is 0 Å². The molecule has 1 saturated carbocycles. The summed E-state index contributed by atoms with van der Waals surface area (Å²) in [6.45, 7) is 16.6. The Morgan fingerprint density at radius 2 is 1.60 bits per heavy atom. The van der Waals surface area contributed by atoms with E-state index in [2.05, 4.69) is 40.5 Å². The van der Waals surface area contributed by atoms with E-state index in [1.807, 2.05) is 0 Å². The fourth-order valence-electron chi connectivity index (χ4n) is 5.97. The maximum atomic E-state index is 2.78. The molecule has 25 heavy (non-hydrogen) atoms. The number of hydrogen-bond donors (Lipinski definition) is 0. The van der Waals surface area contributed by atoms with Crippen molar-refractivity contribution in [3.63, 3.8) is 0 Å². The van der Waals surface area contributed by atoms with Crippen molar-refractivity contribution in [3.05, 3.63) is 0 Å². The summed E-state index contributed by atoms with van der Waals surface area (Å²) in [6.07, 6.45) is 7.30. The van der Waals surface area contributed by atoms with Gasteiger partial charge in [-0.1, -0.05) is 6.92 Å². The van der Waals surface area contributed by atoms with Gasteiger partial charge in [0.15, 0.2) is 0 Å². The zero-order chi connectivity index (χ0) is 17.4. The summed E-state index contributed by atoms with van der Waals surface area (Å²) in [5, 5.41) is 0. The molecule has 3 saturated heterocycles. The van der Waals surface area contributed by atoms with Crippen molar-refractivity contribution in [1.82, 2.24) is 19.6 Å². The number of rotatable bonds is 5. The second-order valence-corrected chi connectivity index (χ2v) is 9.78. The quantitative estimate of drug-likeness (QED) is 0.755. The zero-order valence-corrected chi connectivity index (χ0v) is 16.9. The van der Waals surface area contributed by atoms with E-state index >= 15 is 0 Å². The summed E-state index contributed by atoms with van der Waals surface area (Å²) in [5.41, 5.74) is 0.745. The van der Waals surface area contributed by atoms with Crippen LogP contribution in [0, 0.1) is 11.3 Å². The van der Waals surface area contributed by atoms with Crippen molar-refractivity contribution in [2.45, 2.75) is 58.0 Å². The number of nitrogens with zero attached hydrogens (tertiary/aromatic N) is 4. The van der Waals surface area contributed by atoms with Crippen molar-refractivity contribution >= 4 is 0 Å². The average molecular weight is 349 g/mol. The van der Waals surface area contributed by atoms with Crippen LogP contribution in [0.1, 0.15) is 46.0 Å². The van der Waals surface area contributed by atoms with Gasteiger partial charge in [0.1, 0.15) is 0 Å². The van der Waals surface area contributed by atoms with Crippen LogP contribution >= 0.6 is 0 Å². The van der Waals surface area contributed by atoms with Crippen LogP contribution in [0.25, 0.3) is 0 Å². The minimum Gasteiger partial charge on any atom is -0.303 e. The number of likely N-dealkylation sites (tertiary alicyclic amines) is 2. The summed E-state index contributed by atoms with van der Waals surface area (Å²) in [5.74, 6) is 0.997. The molecule has 3 aliphatic heterocycles. The molecule has 3 heterocycles. The third kappa shape index (κ3) is 3.92. The van der Waals surface area contributed by atoms with Gasteiger partial charge in [0.05, 0.1) is 0 Å². The largest absolute Gasteiger partial charge is 0.303 e. The van der Waals surface area contributed by atoms with Gasteiger partial charge in [0.25, 0.3) is 0 Å². The summed E-state index contributed by atoms with van der Waals surface area (Å²) in [4.78, 5) is 10.7. The molecular formula is C21H40N4. The molecule has 1 aliphatic carbocycles. The molecule has 1 unspecified atom stereocenters. The normalized spacial score (nSPS) is 31.8. The lowest BCUT2D eigenvalue weighted by Crippen LogP contribution is -2.61. The highest BCUT2D eigenvalue weighted by atomic mass is 15.3. The number of likely N-dealkylation sites (N-methyl/N-ethyl adjacent to an activating group) is 1. The molecule has 0 N–H and O–H groups in total. The van der Waals surface area contributed by atoms with Gasteiger partial charge in [-0.3, -0.25) is 9.80 Å². The van der Waals surface area contributed by atoms with Gasteiger partial charge >= 0.3 is 0 Å². The third-order valence-electron chi connectivity index (χ3n) is 8.00. The monoisotopic (exact) mass is 348 g/mol. The highest BCUT2D eigenvalue weighted by molar-refractivity contribution is 5.00. The zero-order valence-electron chi connectivity index (χ0n) is 16.9. The molecule has 144 valence electrons. The van der Waals surface area contributed by atoms with Crippen molar-refractivity contribution in [3.8, 4) is 0 Å². The summed E-state index contributed by atoms with van der Waals surface area (Å²) in [7, 11) is 2.25. The molecule has 0 radical (unpaired) electrons. The molecule has 0 amide bonds. The maximum Gasteiger partial charge on any atom is 0.0350 e. The van der Waals surface area contributed by atoms with Crippen molar-refractivity contribution < 1.29 is 0 Å². The van der Waals surface area contributed by atoms with Crippen LogP contribution in [0.2, 0.25) is 0 Å². The number of piperazine rings is 1. The Morgan fingerprint density at radius 1 is 0.960 bits per heavy atom. The highest BCUT2D eigenvalue weighted by Gasteiger charge is 2.47.